The van der Waals surface area contributed by atoms with Crippen molar-refractivity contribution >= 4 is 27.5 Å². The number of ether oxygens (including phenoxy) is 1. The van der Waals surface area contributed by atoms with E-state index in [1.54, 1.807) is 0 Å². The number of anilines is 1. The molecule has 1 amide bonds. The molecule has 0 radical (unpaired) electrons. The normalized spacial score (nSPS) is 13.1. The zero-order valence-corrected chi connectivity index (χ0v) is 13.1. The number of alkyl halides is 3. The van der Waals surface area contributed by atoms with Gasteiger partial charge in [-0.1, -0.05) is 29.8 Å². The molecule has 21 heavy (non-hydrogen) atoms. The summed E-state index contributed by atoms with van der Waals surface area (Å²) in [5.41, 5.74) is 5.61. The van der Waals surface area contributed by atoms with Crippen molar-refractivity contribution in [2.45, 2.75) is 32.7 Å². The van der Waals surface area contributed by atoms with Gasteiger partial charge in [-0.15, -0.1) is 13.2 Å². The number of hydrogen-bond acceptors (Lipinski definition) is 3. The minimum absolute atomic E-state index is 0.0836. The molecule has 0 saturated heterocycles. The summed E-state index contributed by atoms with van der Waals surface area (Å²) in [6.07, 6.45) is -4.42. The van der Waals surface area contributed by atoms with E-state index in [9.17, 15) is 18.0 Å². The van der Waals surface area contributed by atoms with E-state index in [1.165, 1.54) is 12.1 Å². The Morgan fingerprint density at radius 2 is 2.05 bits per heavy atom. The topological polar surface area (TPSA) is 64.4 Å². The van der Waals surface area contributed by atoms with Crippen molar-refractivity contribution in [3.05, 3.63) is 22.7 Å². The third-order valence-corrected chi connectivity index (χ3v) is 2.98. The zero-order valence-electron chi connectivity index (χ0n) is 11.5. The second-order valence-corrected chi connectivity index (χ2v) is 5.83. The van der Waals surface area contributed by atoms with Gasteiger partial charge in [0.25, 0.3) is 0 Å². The average molecular weight is 369 g/mol. The number of rotatable bonds is 5. The van der Waals surface area contributed by atoms with Crippen molar-refractivity contribution in [1.82, 2.24) is 0 Å². The molecule has 0 saturated carbocycles. The molecule has 0 fully saturated rings. The number of amides is 1. The van der Waals surface area contributed by atoms with Gasteiger partial charge < -0.3 is 15.8 Å². The van der Waals surface area contributed by atoms with E-state index in [0.29, 0.717) is 10.9 Å². The van der Waals surface area contributed by atoms with E-state index in [0.717, 1.165) is 6.07 Å². The first-order valence-electron chi connectivity index (χ1n) is 6.20. The summed E-state index contributed by atoms with van der Waals surface area (Å²) in [6.45, 7) is 3.79. The van der Waals surface area contributed by atoms with Crippen molar-refractivity contribution in [1.29, 1.82) is 0 Å². The van der Waals surface area contributed by atoms with E-state index in [1.807, 2.05) is 13.8 Å². The molecule has 0 bridgehead atoms. The predicted octanol–water partition coefficient (Wildman–Crippen LogP) is 3.66. The Hall–Kier alpha value is -1.28. The molecule has 0 aliphatic rings. The lowest BCUT2D eigenvalue weighted by molar-refractivity contribution is -0.274. The third-order valence-electron chi connectivity index (χ3n) is 2.49. The highest BCUT2D eigenvalue weighted by Gasteiger charge is 2.32. The van der Waals surface area contributed by atoms with Crippen molar-refractivity contribution in [3.8, 4) is 5.75 Å². The molecule has 0 spiro atoms. The molecule has 3 N–H and O–H groups in total. The predicted molar refractivity (Wildman–Crippen MR) is 76.9 cm³/mol. The number of carbonyl (C=O) groups is 1. The monoisotopic (exact) mass is 368 g/mol. The van der Waals surface area contributed by atoms with Crippen LogP contribution < -0.4 is 15.8 Å². The lowest BCUT2D eigenvalue weighted by atomic mass is 10.0. The second-order valence-electron chi connectivity index (χ2n) is 4.91. The molecule has 0 aliphatic carbocycles. The van der Waals surface area contributed by atoms with Gasteiger partial charge in [0.15, 0.2) is 5.75 Å². The molecule has 8 heteroatoms. The average Bonchev–Trinajstić information content (AvgIpc) is 2.29. The lowest BCUT2D eigenvalue weighted by Crippen LogP contribution is -2.36. The minimum Gasteiger partial charge on any atom is -0.404 e. The lowest BCUT2D eigenvalue weighted by Gasteiger charge is -2.17. The molecule has 1 aromatic carbocycles. The van der Waals surface area contributed by atoms with E-state index in [-0.39, 0.29) is 11.6 Å². The van der Waals surface area contributed by atoms with Crippen LogP contribution in [0.25, 0.3) is 0 Å². The molecule has 1 rings (SSSR count). The van der Waals surface area contributed by atoms with Crippen LogP contribution >= 0.6 is 15.9 Å². The Bertz CT molecular complexity index is 507. The fourth-order valence-electron chi connectivity index (χ4n) is 1.65. The van der Waals surface area contributed by atoms with Gasteiger partial charge in [-0.05, 0) is 30.5 Å². The van der Waals surface area contributed by atoms with Crippen LogP contribution in [0.2, 0.25) is 0 Å². The van der Waals surface area contributed by atoms with Crippen LogP contribution in [-0.2, 0) is 4.79 Å². The number of carbonyl (C=O) groups excluding carboxylic acids is 1. The highest BCUT2D eigenvalue weighted by molar-refractivity contribution is 9.10. The van der Waals surface area contributed by atoms with E-state index in [4.69, 9.17) is 5.73 Å². The van der Waals surface area contributed by atoms with Gasteiger partial charge in [-0.25, -0.2) is 0 Å². The summed E-state index contributed by atoms with van der Waals surface area (Å²) >= 11 is 3.05. The summed E-state index contributed by atoms with van der Waals surface area (Å²) in [4.78, 5) is 11.9. The maximum atomic E-state index is 12.3. The fourth-order valence-corrected chi connectivity index (χ4v) is 1.99. The number of nitrogens with two attached hydrogens (primary N) is 1. The first-order chi connectivity index (χ1) is 9.58. The molecule has 4 nitrogen and oxygen atoms in total. The van der Waals surface area contributed by atoms with Gasteiger partial charge in [0, 0.05) is 4.47 Å². The van der Waals surface area contributed by atoms with E-state index < -0.39 is 24.1 Å². The molecular weight excluding hydrogens is 353 g/mol. The Morgan fingerprint density at radius 1 is 1.43 bits per heavy atom. The van der Waals surface area contributed by atoms with E-state index >= 15 is 0 Å². The van der Waals surface area contributed by atoms with Crippen LogP contribution in [-0.4, -0.2) is 18.3 Å². The Balaban J connectivity index is 2.90. The molecule has 0 aliphatic heterocycles. The highest BCUT2D eigenvalue weighted by atomic mass is 79.9. The largest absolute Gasteiger partial charge is 0.573 e. The van der Waals surface area contributed by atoms with Gasteiger partial charge in [-0.2, -0.15) is 0 Å². The van der Waals surface area contributed by atoms with Gasteiger partial charge in [0.2, 0.25) is 5.91 Å². The summed E-state index contributed by atoms with van der Waals surface area (Å²) in [5.74, 6) is -0.860. The van der Waals surface area contributed by atoms with Crippen molar-refractivity contribution in [3.63, 3.8) is 0 Å². The van der Waals surface area contributed by atoms with Gasteiger partial charge in [0.1, 0.15) is 0 Å². The fraction of sp³-hybridized carbons (Fsp3) is 0.462. The molecule has 118 valence electrons. The summed E-state index contributed by atoms with van der Waals surface area (Å²) in [5, 5.41) is 2.36. The molecule has 1 aromatic rings. The number of halogens is 4. The molecular formula is C13H16BrF3N2O2. The minimum atomic E-state index is -4.85. The Morgan fingerprint density at radius 3 is 2.57 bits per heavy atom. The van der Waals surface area contributed by atoms with Crippen LogP contribution in [0.15, 0.2) is 22.7 Å². The first kappa shape index (κ1) is 17.8. The van der Waals surface area contributed by atoms with Crippen LogP contribution in [0.3, 0.4) is 0 Å². The van der Waals surface area contributed by atoms with Crippen LogP contribution in [0.1, 0.15) is 20.3 Å². The molecule has 0 aromatic heterocycles. The van der Waals surface area contributed by atoms with Crippen molar-refractivity contribution < 1.29 is 22.7 Å². The standard InChI is InChI=1S/C13H16BrF3N2O2/c1-7(2)5-9(18)12(20)19-10-4-3-8(14)6-11(10)21-13(15,16)17/h3-4,6-7,9H,5,18H2,1-2H3,(H,19,20). The smallest absolute Gasteiger partial charge is 0.404 e. The second kappa shape index (κ2) is 7.13. The molecule has 0 heterocycles. The van der Waals surface area contributed by atoms with E-state index in [2.05, 4.69) is 26.0 Å². The molecule has 1 atom stereocenters. The number of nitrogens with one attached hydrogen (secondary N) is 1. The zero-order chi connectivity index (χ0) is 16.2. The maximum Gasteiger partial charge on any atom is 0.573 e. The SMILES string of the molecule is CC(C)CC(N)C(=O)Nc1ccc(Br)cc1OC(F)(F)F. The van der Waals surface area contributed by atoms with Crippen LogP contribution in [0.4, 0.5) is 18.9 Å². The molecule has 1 unspecified atom stereocenters. The Labute approximate surface area is 129 Å². The summed E-state index contributed by atoms with van der Waals surface area (Å²) in [7, 11) is 0. The van der Waals surface area contributed by atoms with Crippen LogP contribution in [0.5, 0.6) is 5.75 Å². The number of benzene rings is 1. The maximum absolute atomic E-state index is 12.3. The third kappa shape index (κ3) is 6.34. The van der Waals surface area contributed by atoms with Gasteiger partial charge in [0.05, 0.1) is 11.7 Å². The highest BCUT2D eigenvalue weighted by Crippen LogP contribution is 2.33. The Kier molecular flexibility index (Phi) is 6.03. The first-order valence-corrected chi connectivity index (χ1v) is 6.99. The van der Waals surface area contributed by atoms with Crippen LogP contribution in [0, 0.1) is 5.92 Å². The van der Waals surface area contributed by atoms with Gasteiger partial charge >= 0.3 is 6.36 Å². The summed E-state index contributed by atoms with van der Waals surface area (Å²) in [6, 6.07) is 3.13. The summed E-state index contributed by atoms with van der Waals surface area (Å²) < 4.78 is 41.3. The van der Waals surface area contributed by atoms with Gasteiger partial charge in [-0.3, -0.25) is 4.79 Å². The quantitative estimate of drug-likeness (QED) is 0.833. The van der Waals surface area contributed by atoms with Crippen molar-refractivity contribution in [2.24, 2.45) is 11.7 Å². The number of hydrogen-bond donors (Lipinski definition) is 2. The van der Waals surface area contributed by atoms with Crippen molar-refractivity contribution in [2.75, 3.05) is 5.32 Å².